The molecule has 2 aliphatic carbocycles. The van der Waals surface area contributed by atoms with Crippen LogP contribution in [0.3, 0.4) is 0 Å². The van der Waals surface area contributed by atoms with Gasteiger partial charge in [-0.2, -0.15) is 13.2 Å². The molecule has 4 atom stereocenters. The number of carbonyl (C=O) groups excluding carboxylic acids is 1. The van der Waals surface area contributed by atoms with E-state index in [-0.39, 0.29) is 41.5 Å². The lowest BCUT2D eigenvalue weighted by atomic mass is 9.74. The number of hydrogen-bond acceptors (Lipinski definition) is 5. The van der Waals surface area contributed by atoms with Crippen molar-refractivity contribution in [1.29, 1.82) is 0 Å². The molecule has 1 fully saturated rings. The number of nitrogens with zero attached hydrogens (tertiary/aromatic N) is 1. The maximum Gasteiger partial charge on any atom is 0.416 e. The number of nitrogens with one attached hydrogen (secondary N) is 1. The largest absolute Gasteiger partial charge is 0.473 e. The Kier molecular flexibility index (Phi) is 6.40. The van der Waals surface area contributed by atoms with E-state index in [1.807, 2.05) is 19.9 Å². The van der Waals surface area contributed by atoms with Crippen LogP contribution in [0.1, 0.15) is 71.7 Å². The molecule has 40 heavy (non-hydrogen) atoms. The fraction of sp³-hybridized carbons (Fsp3) is 0.419. The molecule has 6 rings (SSSR count). The van der Waals surface area contributed by atoms with Crippen LogP contribution in [-0.4, -0.2) is 24.1 Å². The molecule has 5 nitrogen and oxygen atoms in total. The summed E-state index contributed by atoms with van der Waals surface area (Å²) in [6.45, 7) is 6.29. The number of hydrogen-bond donors (Lipinski definition) is 1. The molecule has 1 aliphatic heterocycles. The van der Waals surface area contributed by atoms with Gasteiger partial charge in [-0.05, 0) is 65.3 Å². The predicted molar refractivity (Wildman–Crippen MR) is 139 cm³/mol. The first-order chi connectivity index (χ1) is 19.0. The highest BCUT2D eigenvalue weighted by Gasteiger charge is 2.60. The zero-order valence-corrected chi connectivity index (χ0v) is 22.4. The summed E-state index contributed by atoms with van der Waals surface area (Å²) in [5.41, 5.74) is 2.48. The summed E-state index contributed by atoms with van der Waals surface area (Å²) in [5.74, 6) is -0.0739. The first-order valence-electron chi connectivity index (χ1n) is 13.5. The third kappa shape index (κ3) is 4.54. The van der Waals surface area contributed by atoms with Crippen molar-refractivity contribution >= 4 is 5.97 Å². The number of carbonyl (C=O) groups is 1. The quantitative estimate of drug-likeness (QED) is 0.289. The van der Waals surface area contributed by atoms with Gasteiger partial charge in [0.2, 0.25) is 5.88 Å². The highest BCUT2D eigenvalue weighted by molar-refractivity contribution is 5.79. The molecule has 0 bridgehead atoms. The van der Waals surface area contributed by atoms with Crippen molar-refractivity contribution in [3.05, 3.63) is 93.4 Å². The highest BCUT2D eigenvalue weighted by Crippen LogP contribution is 2.62. The maximum atomic E-state index is 15.3. The molecular weight excluding hydrogens is 524 g/mol. The van der Waals surface area contributed by atoms with E-state index >= 15 is 4.39 Å². The molecule has 9 heteroatoms. The summed E-state index contributed by atoms with van der Waals surface area (Å²) in [5, 5.41) is 3.26. The number of ether oxygens (including phenoxy) is 2. The van der Waals surface area contributed by atoms with Gasteiger partial charge in [0, 0.05) is 35.7 Å². The molecule has 3 aliphatic rings. The van der Waals surface area contributed by atoms with E-state index in [1.54, 1.807) is 25.3 Å². The third-order valence-electron chi connectivity index (χ3n) is 8.50. The zero-order valence-electron chi connectivity index (χ0n) is 22.4. The van der Waals surface area contributed by atoms with E-state index < -0.39 is 29.0 Å². The minimum absolute atomic E-state index is 0.102. The normalized spacial score (nSPS) is 24.1. The van der Waals surface area contributed by atoms with Gasteiger partial charge in [0.1, 0.15) is 12.4 Å². The second-order valence-electron chi connectivity index (χ2n) is 11.5. The minimum Gasteiger partial charge on any atom is -0.473 e. The molecule has 0 saturated heterocycles. The molecule has 1 aromatic heterocycles. The number of rotatable bonds is 6. The van der Waals surface area contributed by atoms with Crippen molar-refractivity contribution in [1.82, 2.24) is 10.3 Å². The Morgan fingerprint density at radius 2 is 1.90 bits per heavy atom. The van der Waals surface area contributed by atoms with Gasteiger partial charge in [0.25, 0.3) is 0 Å². The average molecular weight is 555 g/mol. The van der Waals surface area contributed by atoms with Gasteiger partial charge in [-0.15, -0.1) is 0 Å². The number of benzene rings is 2. The Hall–Kier alpha value is -3.46. The van der Waals surface area contributed by atoms with Gasteiger partial charge < -0.3 is 14.8 Å². The summed E-state index contributed by atoms with van der Waals surface area (Å²) in [4.78, 5) is 16.5. The number of esters is 1. The molecule has 2 heterocycles. The minimum atomic E-state index is -4.52. The molecular formula is C31H30F4N2O3. The second-order valence-corrected chi connectivity index (χ2v) is 11.5. The Morgan fingerprint density at radius 1 is 1.12 bits per heavy atom. The van der Waals surface area contributed by atoms with E-state index in [0.717, 1.165) is 23.6 Å². The third-order valence-corrected chi connectivity index (χ3v) is 8.50. The predicted octanol–water partition coefficient (Wildman–Crippen LogP) is 6.24. The molecule has 3 aromatic rings. The summed E-state index contributed by atoms with van der Waals surface area (Å²) in [6, 6.07) is 9.60. The van der Waals surface area contributed by atoms with Crippen molar-refractivity contribution in [2.24, 2.45) is 11.8 Å². The van der Waals surface area contributed by atoms with Crippen molar-refractivity contribution in [2.75, 3.05) is 13.2 Å². The monoisotopic (exact) mass is 554 g/mol. The first-order valence-corrected chi connectivity index (χ1v) is 13.5. The number of aromatic nitrogens is 1. The van der Waals surface area contributed by atoms with Crippen LogP contribution >= 0.6 is 0 Å². The Labute approximate surface area is 229 Å². The summed E-state index contributed by atoms with van der Waals surface area (Å²) >= 11 is 0. The number of alkyl halides is 3. The lowest BCUT2D eigenvalue weighted by molar-refractivity contribution is -0.145. The summed E-state index contributed by atoms with van der Waals surface area (Å²) in [6.07, 6.45) is -2.07. The second kappa shape index (κ2) is 9.58. The Morgan fingerprint density at radius 3 is 2.65 bits per heavy atom. The Bertz CT molecular complexity index is 1490. The summed E-state index contributed by atoms with van der Waals surface area (Å²) in [7, 11) is 0. The van der Waals surface area contributed by atoms with E-state index in [9.17, 15) is 18.0 Å². The van der Waals surface area contributed by atoms with Crippen LogP contribution < -0.4 is 10.1 Å². The van der Waals surface area contributed by atoms with Gasteiger partial charge in [-0.1, -0.05) is 32.0 Å². The van der Waals surface area contributed by atoms with Crippen molar-refractivity contribution in [2.45, 2.75) is 57.3 Å². The van der Waals surface area contributed by atoms with Crippen LogP contribution in [0.5, 0.6) is 5.88 Å². The smallest absolute Gasteiger partial charge is 0.416 e. The number of fused-ring (bicyclic) bond motifs is 4. The highest BCUT2D eigenvalue weighted by atomic mass is 19.4. The molecule has 2 aromatic carbocycles. The first kappa shape index (κ1) is 26.7. The zero-order chi connectivity index (χ0) is 28.4. The average Bonchev–Trinajstić information content (AvgIpc) is 3.49. The van der Waals surface area contributed by atoms with E-state index in [4.69, 9.17) is 9.47 Å². The summed E-state index contributed by atoms with van der Waals surface area (Å²) < 4.78 is 68.0. The van der Waals surface area contributed by atoms with Gasteiger partial charge in [0.15, 0.2) is 0 Å². The van der Waals surface area contributed by atoms with Gasteiger partial charge >= 0.3 is 12.1 Å². The molecule has 0 radical (unpaired) electrons. The standard InChI is InChI=1S/C31H30F4N2O3/c1-4-39-29(38)27-20-9-16-11-25(36-13-21(16)26(20)27)40-14-17-10-19-23(12-24(17)32)30(2,3)15-37-28(19)18-7-5-6-8-22(18)31(33,34)35/h5-8,10-13,20,26-28,37H,4,9,14-15H2,1-3H3/t20-,26-,27+,28-/m1/s1. The van der Waals surface area contributed by atoms with Crippen LogP contribution in [0.25, 0.3) is 0 Å². The SMILES string of the molecule is CCOC(=O)[C@H]1[C@@H]2Cc3cc(OCc4cc5c(cc4F)C(C)(C)CN[C@@H]5c4ccccc4C(F)(F)F)ncc3[C@@H]21. The molecule has 0 unspecified atom stereocenters. The van der Waals surface area contributed by atoms with Crippen LogP contribution in [-0.2, 0) is 34.2 Å². The number of halogens is 4. The molecule has 210 valence electrons. The van der Waals surface area contributed by atoms with Crippen molar-refractivity contribution in [3.8, 4) is 5.88 Å². The molecule has 0 amide bonds. The lowest BCUT2D eigenvalue weighted by Crippen LogP contribution is -2.43. The fourth-order valence-corrected chi connectivity index (χ4v) is 6.48. The topological polar surface area (TPSA) is 60.5 Å². The van der Waals surface area contributed by atoms with Crippen LogP contribution in [0.15, 0.2) is 48.7 Å². The number of pyridine rings is 1. The van der Waals surface area contributed by atoms with Crippen LogP contribution in [0, 0.1) is 17.7 Å². The van der Waals surface area contributed by atoms with Gasteiger partial charge in [-0.3, -0.25) is 4.79 Å². The maximum absolute atomic E-state index is 15.3. The molecule has 1 N–H and O–H groups in total. The van der Waals surface area contributed by atoms with Gasteiger partial charge in [0.05, 0.1) is 24.1 Å². The van der Waals surface area contributed by atoms with Crippen molar-refractivity contribution in [3.63, 3.8) is 0 Å². The van der Waals surface area contributed by atoms with Crippen molar-refractivity contribution < 1.29 is 31.8 Å². The Balaban J connectivity index is 1.26. The molecule has 1 saturated carbocycles. The molecule has 0 spiro atoms. The van der Waals surface area contributed by atoms with Crippen LogP contribution in [0.2, 0.25) is 0 Å². The van der Waals surface area contributed by atoms with Gasteiger partial charge in [-0.25, -0.2) is 9.37 Å². The lowest BCUT2D eigenvalue weighted by Gasteiger charge is -2.39. The van der Waals surface area contributed by atoms with E-state index in [2.05, 4.69) is 10.3 Å². The van der Waals surface area contributed by atoms with E-state index in [1.165, 1.54) is 18.2 Å². The fourth-order valence-electron chi connectivity index (χ4n) is 6.48. The van der Waals surface area contributed by atoms with Crippen LogP contribution in [0.4, 0.5) is 17.6 Å². The van der Waals surface area contributed by atoms with E-state index in [0.29, 0.717) is 30.2 Å².